The number of nitrogens with one attached hydrogen (secondary N) is 1. The number of benzene rings is 3. The minimum atomic E-state index is -0.321. The van der Waals surface area contributed by atoms with Crippen molar-refractivity contribution in [3.8, 4) is 0 Å². The number of aliphatic imine (C=N–C) groups is 1. The third kappa shape index (κ3) is 4.18. The van der Waals surface area contributed by atoms with E-state index in [1.165, 1.54) is 23.3 Å². The SMILES string of the molecule is Fc1ccc(CSC2=NC(c3ccccc3)C(c3ccccc3)N2)c(Cl)c1. The van der Waals surface area contributed by atoms with Gasteiger partial charge < -0.3 is 5.32 Å². The highest BCUT2D eigenvalue weighted by Gasteiger charge is 2.31. The number of rotatable bonds is 4. The Balaban J connectivity index is 1.56. The molecule has 3 aromatic carbocycles. The van der Waals surface area contributed by atoms with Crippen molar-refractivity contribution in [1.82, 2.24) is 5.32 Å². The molecular formula is C22H18ClFN2S. The molecule has 1 heterocycles. The highest BCUT2D eigenvalue weighted by atomic mass is 35.5. The molecule has 0 aliphatic carbocycles. The van der Waals surface area contributed by atoms with Gasteiger partial charge in [-0.3, -0.25) is 4.99 Å². The number of halogens is 2. The summed E-state index contributed by atoms with van der Waals surface area (Å²) in [5.74, 6) is 0.312. The molecule has 4 rings (SSSR count). The molecule has 0 fully saturated rings. The molecule has 1 aliphatic rings. The zero-order valence-corrected chi connectivity index (χ0v) is 16.1. The smallest absolute Gasteiger partial charge is 0.158 e. The third-order valence-electron chi connectivity index (χ3n) is 4.53. The highest BCUT2D eigenvalue weighted by Crippen LogP contribution is 2.38. The predicted molar refractivity (Wildman–Crippen MR) is 112 cm³/mol. The van der Waals surface area contributed by atoms with Gasteiger partial charge in [0.15, 0.2) is 5.17 Å². The maximum absolute atomic E-state index is 13.2. The van der Waals surface area contributed by atoms with Crippen LogP contribution in [0.5, 0.6) is 0 Å². The third-order valence-corrected chi connectivity index (χ3v) is 5.83. The Morgan fingerprint density at radius 2 is 1.59 bits per heavy atom. The second kappa shape index (κ2) is 8.15. The average Bonchev–Trinajstić information content (AvgIpc) is 3.13. The molecule has 0 saturated heterocycles. The monoisotopic (exact) mass is 396 g/mol. The maximum Gasteiger partial charge on any atom is 0.158 e. The summed E-state index contributed by atoms with van der Waals surface area (Å²) in [6, 6.07) is 25.3. The minimum absolute atomic E-state index is 0.0137. The first-order valence-corrected chi connectivity index (χ1v) is 10.1. The average molecular weight is 397 g/mol. The Bertz CT molecular complexity index is 947. The molecule has 2 atom stereocenters. The van der Waals surface area contributed by atoms with Gasteiger partial charge in [0.1, 0.15) is 11.9 Å². The summed E-state index contributed by atoms with van der Waals surface area (Å²) in [6.07, 6.45) is 0. The van der Waals surface area contributed by atoms with Gasteiger partial charge in [0.25, 0.3) is 0 Å². The van der Waals surface area contributed by atoms with E-state index in [4.69, 9.17) is 16.6 Å². The highest BCUT2D eigenvalue weighted by molar-refractivity contribution is 8.13. The molecule has 1 N–H and O–H groups in total. The van der Waals surface area contributed by atoms with Crippen molar-refractivity contribution in [3.63, 3.8) is 0 Å². The van der Waals surface area contributed by atoms with Crippen LogP contribution in [0.1, 0.15) is 28.8 Å². The first-order chi connectivity index (χ1) is 13.2. The molecule has 0 spiro atoms. The number of hydrogen-bond acceptors (Lipinski definition) is 3. The van der Waals surface area contributed by atoms with E-state index in [-0.39, 0.29) is 17.9 Å². The Kier molecular flexibility index (Phi) is 5.46. The van der Waals surface area contributed by atoms with E-state index in [0.717, 1.165) is 10.7 Å². The van der Waals surface area contributed by atoms with Crippen LogP contribution in [-0.4, -0.2) is 5.17 Å². The standard InChI is InChI=1S/C22H18ClFN2S/c23-19-13-18(24)12-11-17(19)14-27-22-25-20(15-7-3-1-4-8-15)21(26-22)16-9-5-2-6-10-16/h1-13,20-21H,14H2,(H,25,26). The fourth-order valence-corrected chi connectivity index (χ4v) is 4.41. The van der Waals surface area contributed by atoms with Gasteiger partial charge in [-0.15, -0.1) is 0 Å². The molecule has 0 aromatic heterocycles. The molecule has 0 amide bonds. The summed E-state index contributed by atoms with van der Waals surface area (Å²) in [5.41, 5.74) is 3.27. The van der Waals surface area contributed by atoms with Gasteiger partial charge >= 0.3 is 0 Å². The van der Waals surface area contributed by atoms with Crippen LogP contribution in [0.3, 0.4) is 0 Å². The summed E-state index contributed by atoms with van der Waals surface area (Å²) in [7, 11) is 0. The van der Waals surface area contributed by atoms with Gasteiger partial charge in [0, 0.05) is 10.8 Å². The fourth-order valence-electron chi connectivity index (χ4n) is 3.16. The van der Waals surface area contributed by atoms with E-state index in [1.54, 1.807) is 17.8 Å². The minimum Gasteiger partial charge on any atom is -0.356 e. The molecule has 2 nitrogen and oxygen atoms in total. The largest absolute Gasteiger partial charge is 0.356 e. The van der Waals surface area contributed by atoms with Crippen molar-refractivity contribution >= 4 is 28.5 Å². The maximum atomic E-state index is 13.2. The number of hydrogen-bond donors (Lipinski definition) is 1. The van der Waals surface area contributed by atoms with Crippen LogP contribution in [-0.2, 0) is 5.75 Å². The summed E-state index contributed by atoms with van der Waals surface area (Å²) >= 11 is 7.74. The van der Waals surface area contributed by atoms with Gasteiger partial charge in [-0.05, 0) is 28.8 Å². The lowest BCUT2D eigenvalue weighted by atomic mass is 9.95. The van der Waals surface area contributed by atoms with Crippen molar-refractivity contribution in [2.75, 3.05) is 0 Å². The van der Waals surface area contributed by atoms with E-state index in [0.29, 0.717) is 10.8 Å². The first kappa shape index (κ1) is 18.1. The second-order valence-corrected chi connectivity index (χ2v) is 7.72. The first-order valence-electron chi connectivity index (χ1n) is 8.71. The zero-order chi connectivity index (χ0) is 18.6. The summed E-state index contributed by atoms with van der Waals surface area (Å²) in [6.45, 7) is 0. The van der Waals surface area contributed by atoms with Gasteiger partial charge in [-0.1, -0.05) is 90.1 Å². The van der Waals surface area contributed by atoms with Crippen molar-refractivity contribution in [2.24, 2.45) is 4.99 Å². The van der Waals surface area contributed by atoms with Gasteiger partial charge in [-0.25, -0.2) is 4.39 Å². The molecule has 136 valence electrons. The van der Waals surface area contributed by atoms with Crippen molar-refractivity contribution in [3.05, 3.63) is 106 Å². The van der Waals surface area contributed by atoms with Crippen molar-refractivity contribution in [2.45, 2.75) is 17.8 Å². The van der Waals surface area contributed by atoms with E-state index in [1.807, 2.05) is 36.4 Å². The van der Waals surface area contributed by atoms with Gasteiger partial charge in [0.2, 0.25) is 0 Å². The van der Waals surface area contributed by atoms with Crippen LogP contribution >= 0.6 is 23.4 Å². The lowest BCUT2D eigenvalue weighted by Gasteiger charge is -2.19. The van der Waals surface area contributed by atoms with Crippen LogP contribution in [0, 0.1) is 5.82 Å². The lowest BCUT2D eigenvalue weighted by Crippen LogP contribution is -2.22. The molecular weight excluding hydrogens is 379 g/mol. The molecule has 1 aliphatic heterocycles. The summed E-state index contributed by atoms with van der Waals surface area (Å²) in [5, 5.41) is 4.87. The predicted octanol–water partition coefficient (Wildman–Crippen LogP) is 6.15. The normalized spacial score (nSPS) is 18.8. The fraction of sp³-hybridized carbons (Fsp3) is 0.136. The van der Waals surface area contributed by atoms with Crippen LogP contribution in [0.4, 0.5) is 4.39 Å². The summed E-state index contributed by atoms with van der Waals surface area (Å²) in [4.78, 5) is 4.93. The molecule has 2 unspecified atom stereocenters. The molecule has 27 heavy (non-hydrogen) atoms. The zero-order valence-electron chi connectivity index (χ0n) is 14.5. The quantitative estimate of drug-likeness (QED) is 0.571. The Hall–Kier alpha value is -2.30. The molecule has 5 heteroatoms. The number of thioether (sulfide) groups is 1. The number of nitrogens with zero attached hydrogens (tertiary/aromatic N) is 1. The molecule has 0 saturated carbocycles. The van der Waals surface area contributed by atoms with Crippen LogP contribution in [0.15, 0.2) is 83.9 Å². The van der Waals surface area contributed by atoms with E-state index in [2.05, 4.69) is 29.6 Å². The molecule has 0 bridgehead atoms. The van der Waals surface area contributed by atoms with Crippen LogP contribution in [0.2, 0.25) is 5.02 Å². The second-order valence-electron chi connectivity index (χ2n) is 6.35. The van der Waals surface area contributed by atoms with E-state index >= 15 is 0 Å². The Morgan fingerprint density at radius 1 is 0.926 bits per heavy atom. The topological polar surface area (TPSA) is 24.4 Å². The number of amidine groups is 1. The van der Waals surface area contributed by atoms with Gasteiger partial charge in [0.05, 0.1) is 6.04 Å². The van der Waals surface area contributed by atoms with Crippen molar-refractivity contribution in [1.29, 1.82) is 0 Å². The molecule has 3 aromatic rings. The van der Waals surface area contributed by atoms with Gasteiger partial charge in [-0.2, -0.15) is 0 Å². The Morgan fingerprint density at radius 3 is 2.26 bits per heavy atom. The van der Waals surface area contributed by atoms with E-state index < -0.39 is 0 Å². The Labute approximate surface area is 167 Å². The summed E-state index contributed by atoms with van der Waals surface area (Å²) < 4.78 is 13.2. The van der Waals surface area contributed by atoms with Crippen molar-refractivity contribution < 1.29 is 4.39 Å². The van der Waals surface area contributed by atoms with Crippen LogP contribution in [0.25, 0.3) is 0 Å². The lowest BCUT2D eigenvalue weighted by molar-refractivity contribution is 0.573. The molecule has 0 radical (unpaired) electrons. The van der Waals surface area contributed by atoms with Crippen LogP contribution < -0.4 is 5.32 Å². The van der Waals surface area contributed by atoms with E-state index in [9.17, 15) is 4.39 Å².